The number of hydrogen-bond donors (Lipinski definition) is 0. The number of nitrogens with zero attached hydrogens (tertiary/aromatic N) is 3. The molecule has 2 heterocycles. The van der Waals surface area contributed by atoms with Gasteiger partial charge in [-0.1, -0.05) is 17.3 Å². The van der Waals surface area contributed by atoms with Gasteiger partial charge in [-0.2, -0.15) is 4.98 Å². The van der Waals surface area contributed by atoms with Gasteiger partial charge in [-0.15, -0.1) is 0 Å². The second-order valence-electron chi connectivity index (χ2n) is 6.63. The van der Waals surface area contributed by atoms with Crippen LogP contribution in [0, 0.1) is 0 Å². The minimum Gasteiger partial charge on any atom is -0.497 e. The first-order valence-corrected chi connectivity index (χ1v) is 9.13. The van der Waals surface area contributed by atoms with Crippen molar-refractivity contribution >= 4 is 11.6 Å². The zero-order chi connectivity index (χ0) is 20.4. The van der Waals surface area contributed by atoms with Crippen LogP contribution < -0.4 is 19.1 Å². The Kier molecular flexibility index (Phi) is 5.07. The van der Waals surface area contributed by atoms with Gasteiger partial charge in [-0.3, -0.25) is 4.79 Å². The quantitative estimate of drug-likeness (QED) is 0.633. The molecule has 1 aromatic heterocycles. The van der Waals surface area contributed by atoms with Crippen molar-refractivity contribution in [2.24, 2.45) is 0 Å². The lowest BCUT2D eigenvalue weighted by atomic mass is 10.1. The minimum absolute atomic E-state index is 0.0256. The Labute approximate surface area is 168 Å². The van der Waals surface area contributed by atoms with Crippen molar-refractivity contribution in [3.8, 4) is 28.6 Å². The highest BCUT2D eigenvalue weighted by Crippen LogP contribution is 2.36. The van der Waals surface area contributed by atoms with E-state index in [4.69, 9.17) is 18.7 Å². The summed E-state index contributed by atoms with van der Waals surface area (Å²) >= 11 is 0. The van der Waals surface area contributed by atoms with Crippen LogP contribution in [0.3, 0.4) is 0 Å². The van der Waals surface area contributed by atoms with E-state index < -0.39 is 0 Å². The van der Waals surface area contributed by atoms with E-state index >= 15 is 0 Å². The molecule has 0 spiro atoms. The fraction of sp³-hybridized carbons (Fsp3) is 0.286. The third-order valence-electron chi connectivity index (χ3n) is 4.91. The number of rotatable bonds is 6. The Hall–Kier alpha value is -3.55. The van der Waals surface area contributed by atoms with E-state index in [-0.39, 0.29) is 18.2 Å². The predicted octanol–water partition coefficient (Wildman–Crippen LogP) is 3.28. The van der Waals surface area contributed by atoms with Gasteiger partial charge in [0.15, 0.2) is 0 Å². The van der Waals surface area contributed by atoms with Gasteiger partial charge in [-0.05, 0) is 12.1 Å². The number of anilines is 1. The summed E-state index contributed by atoms with van der Waals surface area (Å²) in [7, 11) is 4.74. The number of hydrogen-bond acceptors (Lipinski definition) is 7. The van der Waals surface area contributed by atoms with E-state index in [2.05, 4.69) is 10.1 Å². The number of methoxy groups -OCH3 is 3. The molecule has 0 radical (unpaired) electrons. The number of benzene rings is 2. The Morgan fingerprint density at radius 3 is 2.45 bits per heavy atom. The molecule has 1 aliphatic heterocycles. The topological polar surface area (TPSA) is 86.9 Å². The van der Waals surface area contributed by atoms with Crippen molar-refractivity contribution in [3.05, 3.63) is 48.4 Å². The second-order valence-corrected chi connectivity index (χ2v) is 6.63. The molecule has 1 unspecified atom stereocenters. The molecule has 1 aliphatic rings. The van der Waals surface area contributed by atoms with Crippen molar-refractivity contribution in [1.82, 2.24) is 10.1 Å². The lowest BCUT2D eigenvalue weighted by molar-refractivity contribution is -0.117. The van der Waals surface area contributed by atoms with Crippen LogP contribution in [0.5, 0.6) is 17.2 Å². The van der Waals surface area contributed by atoms with E-state index in [0.29, 0.717) is 41.2 Å². The van der Waals surface area contributed by atoms with Crippen LogP contribution in [0.15, 0.2) is 47.0 Å². The van der Waals surface area contributed by atoms with Gasteiger partial charge in [0.1, 0.15) is 17.2 Å². The number of para-hydroxylation sites is 1. The SMILES string of the molecule is COc1cc(OC)cc(N2CC(c3nc(-c4ccccc4OC)no3)CC2=O)c1. The first-order chi connectivity index (χ1) is 14.1. The average molecular weight is 395 g/mol. The molecular formula is C21H21N3O5. The maximum Gasteiger partial charge on any atom is 0.232 e. The maximum absolute atomic E-state index is 12.7. The number of ether oxygens (including phenoxy) is 3. The summed E-state index contributed by atoms with van der Waals surface area (Å²) < 4.78 is 21.5. The Balaban J connectivity index is 1.58. The van der Waals surface area contributed by atoms with Gasteiger partial charge < -0.3 is 23.6 Å². The predicted molar refractivity (Wildman–Crippen MR) is 106 cm³/mol. The van der Waals surface area contributed by atoms with Crippen molar-refractivity contribution in [3.63, 3.8) is 0 Å². The summed E-state index contributed by atoms with van der Waals surface area (Å²) in [5.74, 6) is 2.53. The molecule has 29 heavy (non-hydrogen) atoms. The highest BCUT2D eigenvalue weighted by molar-refractivity contribution is 5.96. The zero-order valence-corrected chi connectivity index (χ0v) is 16.4. The third kappa shape index (κ3) is 3.61. The van der Waals surface area contributed by atoms with E-state index in [1.165, 1.54) is 0 Å². The Bertz CT molecular complexity index is 1010. The van der Waals surface area contributed by atoms with Crippen molar-refractivity contribution in [2.75, 3.05) is 32.8 Å². The summed E-state index contributed by atoms with van der Waals surface area (Å²) in [6.07, 6.45) is 0.285. The van der Waals surface area contributed by atoms with Gasteiger partial charge >= 0.3 is 0 Å². The normalized spacial score (nSPS) is 16.2. The first kappa shape index (κ1) is 18.8. The molecule has 0 saturated carbocycles. The molecule has 3 aromatic rings. The van der Waals surface area contributed by atoms with E-state index in [9.17, 15) is 4.79 Å². The first-order valence-electron chi connectivity index (χ1n) is 9.13. The Morgan fingerprint density at radius 2 is 1.76 bits per heavy atom. The lowest BCUT2D eigenvalue weighted by Gasteiger charge is -2.18. The van der Waals surface area contributed by atoms with Gasteiger partial charge in [0.05, 0.1) is 38.5 Å². The van der Waals surface area contributed by atoms with Gasteiger partial charge in [0.25, 0.3) is 0 Å². The fourth-order valence-corrected chi connectivity index (χ4v) is 3.41. The summed E-state index contributed by atoms with van der Waals surface area (Å²) in [5, 5.41) is 4.08. The van der Waals surface area contributed by atoms with Gasteiger partial charge in [0.2, 0.25) is 17.6 Å². The van der Waals surface area contributed by atoms with Crippen LogP contribution >= 0.6 is 0 Å². The average Bonchev–Trinajstić information content (AvgIpc) is 3.40. The number of carbonyl (C=O) groups is 1. The maximum atomic E-state index is 12.7. The second kappa shape index (κ2) is 7.83. The smallest absolute Gasteiger partial charge is 0.232 e. The van der Waals surface area contributed by atoms with E-state index in [1.807, 2.05) is 24.3 Å². The van der Waals surface area contributed by atoms with Crippen LogP contribution in [0.1, 0.15) is 18.2 Å². The molecule has 1 saturated heterocycles. The molecule has 2 aromatic carbocycles. The van der Waals surface area contributed by atoms with E-state index in [1.54, 1.807) is 44.4 Å². The fourth-order valence-electron chi connectivity index (χ4n) is 3.41. The highest BCUT2D eigenvalue weighted by atomic mass is 16.5. The van der Waals surface area contributed by atoms with Crippen molar-refractivity contribution in [1.29, 1.82) is 0 Å². The summed E-state index contributed by atoms with van der Waals surface area (Å²) in [4.78, 5) is 18.9. The van der Waals surface area contributed by atoms with Gasteiger partial charge in [0, 0.05) is 31.2 Å². The molecule has 4 rings (SSSR count). The van der Waals surface area contributed by atoms with Crippen LogP contribution in [0.4, 0.5) is 5.69 Å². The molecular weight excluding hydrogens is 374 g/mol. The van der Waals surface area contributed by atoms with Crippen molar-refractivity contribution < 1.29 is 23.5 Å². The summed E-state index contributed by atoms with van der Waals surface area (Å²) in [6, 6.07) is 12.8. The number of carbonyl (C=O) groups excluding carboxylic acids is 1. The summed E-state index contributed by atoms with van der Waals surface area (Å²) in [6.45, 7) is 0.433. The molecule has 8 heteroatoms. The molecule has 1 fully saturated rings. The molecule has 0 aliphatic carbocycles. The highest BCUT2D eigenvalue weighted by Gasteiger charge is 2.35. The van der Waals surface area contributed by atoms with Crippen LogP contribution in [0.2, 0.25) is 0 Å². The van der Waals surface area contributed by atoms with Gasteiger partial charge in [-0.25, -0.2) is 0 Å². The zero-order valence-electron chi connectivity index (χ0n) is 16.4. The van der Waals surface area contributed by atoms with Crippen molar-refractivity contribution in [2.45, 2.75) is 12.3 Å². The number of amides is 1. The molecule has 1 atom stereocenters. The van der Waals surface area contributed by atoms with Crippen LogP contribution in [0.25, 0.3) is 11.4 Å². The number of aromatic nitrogens is 2. The monoisotopic (exact) mass is 395 g/mol. The molecule has 0 bridgehead atoms. The van der Waals surface area contributed by atoms with Crippen LogP contribution in [-0.2, 0) is 4.79 Å². The molecule has 0 N–H and O–H groups in total. The standard InChI is InChI=1S/C21H21N3O5/c1-26-15-9-14(10-16(11-15)27-2)24-12-13(8-19(24)25)21-22-20(23-29-21)17-6-4-5-7-18(17)28-3/h4-7,9-11,13H,8,12H2,1-3H3. The third-order valence-corrected chi connectivity index (χ3v) is 4.91. The largest absolute Gasteiger partial charge is 0.497 e. The Morgan fingerprint density at radius 1 is 1.03 bits per heavy atom. The minimum atomic E-state index is -0.198. The lowest BCUT2D eigenvalue weighted by Crippen LogP contribution is -2.24. The molecule has 1 amide bonds. The molecule has 150 valence electrons. The van der Waals surface area contributed by atoms with E-state index in [0.717, 1.165) is 5.56 Å². The summed E-state index contributed by atoms with van der Waals surface area (Å²) in [5.41, 5.74) is 1.45. The molecule has 8 nitrogen and oxygen atoms in total. The van der Waals surface area contributed by atoms with Crippen LogP contribution in [-0.4, -0.2) is 43.9 Å².